The SMILES string of the molecule is CCCCCCC1(CCCCCC)C2=CC(Br)(N(C3(Br)C=C4C(=CC3)c3ccccc3C4(CCCCCC)CCCCCC)C3(Br)C=C4C(=CC3)c3ccccc3C4(CCCCCC)CCCCCC)CC=C2c2ccccc21. The lowest BCUT2D eigenvalue weighted by Crippen LogP contribution is -2.63. The second-order valence-corrected chi connectivity index (χ2v) is 29.8. The molecule has 0 saturated carbocycles. The molecule has 3 atom stereocenters. The first-order chi connectivity index (χ1) is 38.5. The van der Waals surface area contributed by atoms with Crippen LogP contribution in [0.25, 0.3) is 16.7 Å². The number of allylic oxidation sites excluding steroid dienone is 6. The second kappa shape index (κ2) is 27.5. The first kappa shape index (κ1) is 61.1. The van der Waals surface area contributed by atoms with Crippen molar-refractivity contribution in [3.63, 3.8) is 0 Å². The van der Waals surface area contributed by atoms with Crippen LogP contribution < -0.4 is 0 Å². The first-order valence-electron chi connectivity index (χ1n) is 33.0. The summed E-state index contributed by atoms with van der Waals surface area (Å²) in [6.45, 7) is 14.2. The van der Waals surface area contributed by atoms with Gasteiger partial charge in [-0.25, -0.2) is 4.90 Å². The van der Waals surface area contributed by atoms with E-state index in [1.54, 1.807) is 33.4 Å². The fraction of sp³-hybridized carbons (Fsp3) is 0.600. The highest BCUT2D eigenvalue weighted by molar-refractivity contribution is 9.11. The van der Waals surface area contributed by atoms with Gasteiger partial charge in [0.1, 0.15) is 13.3 Å². The van der Waals surface area contributed by atoms with Crippen LogP contribution in [0.15, 0.2) is 126 Å². The molecule has 0 saturated heterocycles. The van der Waals surface area contributed by atoms with Gasteiger partial charge in [0.25, 0.3) is 0 Å². The molecule has 3 aromatic rings. The Morgan fingerprint density at radius 3 is 0.772 bits per heavy atom. The predicted molar refractivity (Wildman–Crippen MR) is 356 cm³/mol. The van der Waals surface area contributed by atoms with Crippen molar-refractivity contribution in [3.05, 3.63) is 159 Å². The lowest BCUT2D eigenvalue weighted by molar-refractivity contribution is 0.100. The van der Waals surface area contributed by atoms with Gasteiger partial charge in [0.05, 0.1) is 0 Å². The summed E-state index contributed by atoms with van der Waals surface area (Å²) in [6, 6.07) is 29.0. The Kier molecular flexibility index (Phi) is 21.2. The van der Waals surface area contributed by atoms with Crippen LogP contribution in [0.2, 0.25) is 0 Å². The van der Waals surface area contributed by atoms with Gasteiger partial charge in [-0.1, -0.05) is 334 Å². The quantitative estimate of drug-likeness (QED) is 0.0334. The fourth-order valence-corrected chi connectivity index (χ4v) is 20.2. The lowest BCUT2D eigenvalue weighted by Gasteiger charge is -2.57. The van der Waals surface area contributed by atoms with Gasteiger partial charge < -0.3 is 0 Å². The summed E-state index contributed by atoms with van der Waals surface area (Å²) in [5.74, 6) is 0. The summed E-state index contributed by atoms with van der Waals surface area (Å²) >= 11 is 14.9. The number of benzene rings is 3. The topological polar surface area (TPSA) is 3.24 Å². The average Bonchev–Trinajstić information content (AvgIpc) is 4.24. The Morgan fingerprint density at radius 2 is 0.544 bits per heavy atom. The Labute approximate surface area is 508 Å². The molecule has 0 radical (unpaired) electrons. The minimum absolute atomic E-state index is 0.0252. The Hall–Kier alpha value is -2.50. The molecule has 0 aromatic heterocycles. The normalized spacial score (nSPS) is 23.6. The zero-order chi connectivity index (χ0) is 55.6. The van der Waals surface area contributed by atoms with Crippen molar-refractivity contribution in [2.75, 3.05) is 0 Å². The van der Waals surface area contributed by atoms with E-state index in [1.165, 1.54) is 226 Å². The summed E-state index contributed by atoms with van der Waals surface area (Å²) in [4.78, 5) is 2.99. The maximum atomic E-state index is 4.96. The van der Waals surface area contributed by atoms with E-state index in [1.807, 2.05) is 0 Å². The van der Waals surface area contributed by atoms with Crippen molar-refractivity contribution in [2.45, 2.75) is 283 Å². The van der Waals surface area contributed by atoms with Gasteiger partial charge in [0.2, 0.25) is 0 Å². The smallest absolute Gasteiger partial charge is 0.102 e. The third kappa shape index (κ3) is 12.1. The molecule has 0 fully saturated rings. The van der Waals surface area contributed by atoms with Crippen molar-refractivity contribution >= 4 is 64.5 Å². The van der Waals surface area contributed by atoms with Crippen LogP contribution in [0.3, 0.4) is 0 Å². The Balaban J connectivity index is 1.27. The third-order valence-corrected chi connectivity index (χ3v) is 23.1. The van der Waals surface area contributed by atoms with E-state index in [0.29, 0.717) is 0 Å². The zero-order valence-corrected chi connectivity index (χ0v) is 55.1. The summed E-state index contributed by atoms with van der Waals surface area (Å²) in [6.07, 6.45) is 57.3. The van der Waals surface area contributed by atoms with Crippen LogP contribution in [-0.4, -0.2) is 18.2 Å². The van der Waals surface area contributed by atoms with Crippen LogP contribution in [0.4, 0.5) is 0 Å². The third-order valence-electron chi connectivity index (χ3n) is 20.3. The highest BCUT2D eigenvalue weighted by Crippen LogP contribution is 2.66. The number of halogens is 3. The Bertz CT molecular complexity index is 2400. The molecule has 6 aliphatic carbocycles. The van der Waals surface area contributed by atoms with Crippen molar-refractivity contribution < 1.29 is 0 Å². The second-order valence-electron chi connectivity index (χ2n) is 25.7. The summed E-state index contributed by atoms with van der Waals surface area (Å²) in [5, 5.41) is 0. The molecular formula is C75H102Br3N. The number of unbranched alkanes of at least 4 members (excludes halogenated alkanes) is 18. The van der Waals surface area contributed by atoms with E-state index in [2.05, 4.69) is 156 Å². The standard InChI is InChI=1S/C75H102Br3N/c1-7-13-19-31-46-70(47-32-20-14-8-2)64-40-28-25-37-58(64)61-43-52-73(76,55-67(61)70)79(74(77)53-44-62-59-38-26-29-41-65(59)71(68(62)56-74,48-33-21-15-9-3)49-34-22-16-10-4)75(78)54-45-63-60-39-27-30-42-66(60)72(69(63)57-75,50-35-23-17-11-5)51-36-24-18-12-6/h25-30,37-45,55-57H,7-24,31-36,46-54H2,1-6H3. The molecule has 428 valence electrons. The molecule has 0 spiro atoms. The van der Waals surface area contributed by atoms with Crippen LogP contribution >= 0.6 is 47.8 Å². The van der Waals surface area contributed by atoms with E-state index >= 15 is 0 Å². The van der Waals surface area contributed by atoms with Crippen molar-refractivity contribution in [2.24, 2.45) is 0 Å². The number of hydrogen-bond donors (Lipinski definition) is 0. The molecular weight excluding hydrogens is 1150 g/mol. The summed E-state index contributed by atoms with van der Waals surface area (Å²) < 4.78 is -1.59. The van der Waals surface area contributed by atoms with Gasteiger partial charge >= 0.3 is 0 Å². The van der Waals surface area contributed by atoms with Crippen molar-refractivity contribution in [1.82, 2.24) is 4.90 Å². The molecule has 3 unspecified atom stereocenters. The lowest BCUT2D eigenvalue weighted by atomic mass is 9.68. The van der Waals surface area contributed by atoms with E-state index < -0.39 is 13.3 Å². The molecule has 4 heteroatoms. The summed E-state index contributed by atoms with van der Waals surface area (Å²) in [5.41, 5.74) is 18.4. The molecule has 79 heavy (non-hydrogen) atoms. The van der Waals surface area contributed by atoms with E-state index in [-0.39, 0.29) is 16.2 Å². The van der Waals surface area contributed by atoms with Crippen molar-refractivity contribution in [1.29, 1.82) is 0 Å². The number of hydrogen-bond acceptors (Lipinski definition) is 1. The molecule has 0 amide bonds. The van der Waals surface area contributed by atoms with Gasteiger partial charge in [-0.15, -0.1) is 0 Å². The van der Waals surface area contributed by atoms with Gasteiger partial charge in [-0.2, -0.15) is 0 Å². The molecule has 0 bridgehead atoms. The number of alkyl halides is 3. The monoisotopic (exact) mass is 1250 g/mol. The van der Waals surface area contributed by atoms with Gasteiger partial charge in [0.15, 0.2) is 0 Å². The number of rotatable bonds is 33. The molecule has 9 rings (SSSR count). The molecule has 0 heterocycles. The van der Waals surface area contributed by atoms with E-state index in [0.717, 1.165) is 19.3 Å². The van der Waals surface area contributed by atoms with Crippen LogP contribution in [0.1, 0.15) is 287 Å². The largest absolute Gasteiger partial charge is 0.246 e. The molecule has 6 aliphatic rings. The van der Waals surface area contributed by atoms with E-state index in [4.69, 9.17) is 47.8 Å². The maximum absolute atomic E-state index is 4.96. The van der Waals surface area contributed by atoms with Gasteiger partial charge in [-0.3, -0.25) is 0 Å². The highest BCUT2D eigenvalue weighted by Gasteiger charge is 2.60. The van der Waals surface area contributed by atoms with Gasteiger partial charge in [0, 0.05) is 16.2 Å². The summed E-state index contributed by atoms with van der Waals surface area (Å²) in [7, 11) is 0. The highest BCUT2D eigenvalue weighted by atomic mass is 79.9. The van der Waals surface area contributed by atoms with Crippen LogP contribution in [0, 0.1) is 0 Å². The van der Waals surface area contributed by atoms with Crippen LogP contribution in [-0.2, 0) is 16.2 Å². The minimum atomic E-state index is -0.531. The molecule has 0 N–H and O–H groups in total. The molecule has 3 aromatic carbocycles. The minimum Gasteiger partial charge on any atom is -0.246 e. The molecule has 1 nitrogen and oxygen atoms in total. The number of nitrogens with zero attached hydrogens (tertiary/aromatic N) is 1. The van der Waals surface area contributed by atoms with Crippen LogP contribution in [0.5, 0.6) is 0 Å². The predicted octanol–water partition coefficient (Wildman–Crippen LogP) is 24.4. The van der Waals surface area contributed by atoms with Gasteiger partial charge in [-0.05, 0) is 143 Å². The first-order valence-corrected chi connectivity index (χ1v) is 35.3. The zero-order valence-electron chi connectivity index (χ0n) is 50.3. The van der Waals surface area contributed by atoms with Crippen molar-refractivity contribution in [3.8, 4) is 0 Å². The fourth-order valence-electron chi connectivity index (χ4n) is 16.4. The maximum Gasteiger partial charge on any atom is 0.102 e. The number of fused-ring (bicyclic) bond motifs is 9. The molecule has 0 aliphatic heterocycles. The van der Waals surface area contributed by atoms with E-state index in [9.17, 15) is 0 Å². The average molecular weight is 1260 g/mol. The Morgan fingerprint density at radius 1 is 0.316 bits per heavy atom.